The topological polar surface area (TPSA) is 49.4 Å². The summed E-state index contributed by atoms with van der Waals surface area (Å²) < 4.78 is 28.0. The van der Waals surface area contributed by atoms with E-state index in [1.165, 1.54) is 5.56 Å². The van der Waals surface area contributed by atoms with E-state index in [9.17, 15) is 8.42 Å². The number of hydrogen-bond acceptors (Lipinski definition) is 3. The number of sulfonamides is 1. The van der Waals surface area contributed by atoms with Crippen molar-refractivity contribution < 1.29 is 8.42 Å². The van der Waals surface area contributed by atoms with Crippen LogP contribution in [0.1, 0.15) is 24.8 Å². The van der Waals surface area contributed by atoms with Gasteiger partial charge in [-0.1, -0.05) is 60.7 Å². The Labute approximate surface area is 167 Å². The zero-order valence-corrected chi connectivity index (χ0v) is 16.7. The molecule has 28 heavy (non-hydrogen) atoms. The van der Waals surface area contributed by atoms with Gasteiger partial charge in [0.25, 0.3) is 0 Å². The lowest BCUT2D eigenvalue weighted by molar-refractivity contribution is 0.413. The summed E-state index contributed by atoms with van der Waals surface area (Å²) in [5, 5.41) is 5.61. The van der Waals surface area contributed by atoms with E-state index < -0.39 is 10.0 Å². The summed E-state index contributed by atoms with van der Waals surface area (Å²) in [5.74, 6) is 0. The SMILES string of the molecule is O=S(=O)(c1ccc2ccccc2c1)N1CCCC(NCc2ccccc2)CC1. The maximum Gasteiger partial charge on any atom is 0.243 e. The zero-order chi connectivity index (χ0) is 19.4. The van der Waals surface area contributed by atoms with Crippen LogP contribution in [0.25, 0.3) is 10.8 Å². The number of benzene rings is 3. The van der Waals surface area contributed by atoms with Crippen LogP contribution in [-0.2, 0) is 16.6 Å². The molecular weight excluding hydrogens is 368 g/mol. The molecule has 0 saturated carbocycles. The lowest BCUT2D eigenvalue weighted by atomic mass is 10.1. The number of hydrogen-bond donors (Lipinski definition) is 1. The van der Waals surface area contributed by atoms with Crippen LogP contribution in [0.2, 0.25) is 0 Å². The minimum atomic E-state index is -3.46. The van der Waals surface area contributed by atoms with E-state index in [0.717, 1.165) is 36.6 Å². The van der Waals surface area contributed by atoms with Gasteiger partial charge in [0.05, 0.1) is 4.90 Å². The third kappa shape index (κ3) is 4.27. The first-order chi connectivity index (χ1) is 13.6. The van der Waals surface area contributed by atoms with Crippen molar-refractivity contribution in [1.82, 2.24) is 9.62 Å². The van der Waals surface area contributed by atoms with E-state index in [-0.39, 0.29) is 0 Å². The van der Waals surface area contributed by atoms with Crippen molar-refractivity contribution in [3.63, 3.8) is 0 Å². The monoisotopic (exact) mass is 394 g/mol. The Kier molecular flexibility index (Phi) is 5.76. The van der Waals surface area contributed by atoms with Gasteiger partial charge in [0, 0.05) is 25.7 Å². The van der Waals surface area contributed by atoms with Crippen LogP contribution in [0.5, 0.6) is 0 Å². The third-order valence-electron chi connectivity index (χ3n) is 5.48. The standard InChI is InChI=1S/C23H26N2O2S/c26-28(27,23-13-12-20-9-4-5-10-21(20)17-23)25-15-6-11-22(14-16-25)24-18-19-7-2-1-3-8-19/h1-5,7-10,12-13,17,22,24H,6,11,14-16,18H2. The summed E-state index contributed by atoms with van der Waals surface area (Å²) in [4.78, 5) is 0.391. The van der Waals surface area contributed by atoms with Crippen LogP contribution in [-0.4, -0.2) is 31.9 Å². The first kappa shape index (κ1) is 19.1. The second-order valence-electron chi connectivity index (χ2n) is 7.41. The summed E-state index contributed by atoms with van der Waals surface area (Å²) in [6.07, 6.45) is 2.70. The molecule has 0 bridgehead atoms. The van der Waals surface area contributed by atoms with E-state index in [1.807, 2.05) is 48.5 Å². The second kappa shape index (κ2) is 8.43. The molecule has 1 N–H and O–H groups in total. The van der Waals surface area contributed by atoms with Crippen molar-refractivity contribution >= 4 is 20.8 Å². The molecule has 5 heteroatoms. The molecule has 0 aliphatic carbocycles. The highest BCUT2D eigenvalue weighted by molar-refractivity contribution is 7.89. The van der Waals surface area contributed by atoms with Gasteiger partial charge in [-0.25, -0.2) is 8.42 Å². The third-order valence-corrected chi connectivity index (χ3v) is 7.38. The van der Waals surface area contributed by atoms with E-state index in [2.05, 4.69) is 17.4 Å². The van der Waals surface area contributed by atoms with E-state index in [4.69, 9.17) is 0 Å². The van der Waals surface area contributed by atoms with Gasteiger partial charge >= 0.3 is 0 Å². The van der Waals surface area contributed by atoms with Gasteiger partial charge < -0.3 is 5.32 Å². The van der Waals surface area contributed by atoms with Crippen molar-refractivity contribution in [3.8, 4) is 0 Å². The van der Waals surface area contributed by atoms with Crippen LogP contribution in [0.15, 0.2) is 77.7 Å². The first-order valence-corrected chi connectivity index (χ1v) is 11.3. The summed E-state index contributed by atoms with van der Waals surface area (Å²) >= 11 is 0. The van der Waals surface area contributed by atoms with Crippen LogP contribution in [0.3, 0.4) is 0 Å². The number of nitrogens with zero attached hydrogens (tertiary/aromatic N) is 1. The molecule has 1 atom stereocenters. The number of fused-ring (bicyclic) bond motifs is 1. The molecule has 0 spiro atoms. The first-order valence-electron chi connectivity index (χ1n) is 9.89. The molecule has 0 aromatic heterocycles. The Morgan fingerprint density at radius 3 is 2.43 bits per heavy atom. The molecule has 1 fully saturated rings. The average Bonchev–Trinajstić information content (AvgIpc) is 2.99. The molecule has 1 heterocycles. The predicted octanol–water partition coefficient (Wildman–Crippen LogP) is 4.17. The highest BCUT2D eigenvalue weighted by Crippen LogP contribution is 2.24. The largest absolute Gasteiger partial charge is 0.310 e. The van der Waals surface area contributed by atoms with E-state index in [0.29, 0.717) is 24.0 Å². The Morgan fingerprint density at radius 1 is 0.857 bits per heavy atom. The van der Waals surface area contributed by atoms with Crippen molar-refractivity contribution in [1.29, 1.82) is 0 Å². The summed E-state index contributed by atoms with van der Waals surface area (Å²) in [6.45, 7) is 1.96. The molecule has 4 nitrogen and oxygen atoms in total. The Balaban J connectivity index is 1.43. The minimum absolute atomic E-state index is 0.344. The molecule has 0 amide bonds. The van der Waals surface area contributed by atoms with E-state index >= 15 is 0 Å². The molecular formula is C23H26N2O2S. The van der Waals surface area contributed by atoms with Crippen LogP contribution in [0.4, 0.5) is 0 Å². The van der Waals surface area contributed by atoms with Crippen molar-refractivity contribution in [2.24, 2.45) is 0 Å². The Bertz CT molecular complexity index is 1030. The number of rotatable bonds is 5. The molecule has 146 valence electrons. The van der Waals surface area contributed by atoms with Gasteiger partial charge in [0.2, 0.25) is 10.0 Å². The maximum atomic E-state index is 13.2. The van der Waals surface area contributed by atoms with Crippen LogP contribution >= 0.6 is 0 Å². The smallest absolute Gasteiger partial charge is 0.243 e. The summed E-state index contributed by atoms with van der Waals surface area (Å²) in [7, 11) is -3.46. The van der Waals surface area contributed by atoms with E-state index in [1.54, 1.807) is 16.4 Å². The molecule has 3 aromatic rings. The molecule has 1 unspecified atom stereocenters. The average molecular weight is 395 g/mol. The maximum absolute atomic E-state index is 13.2. The van der Waals surface area contributed by atoms with Crippen LogP contribution in [0, 0.1) is 0 Å². The molecule has 4 rings (SSSR count). The molecule has 0 radical (unpaired) electrons. The molecule has 1 saturated heterocycles. The normalized spacial score (nSPS) is 18.8. The Hall–Kier alpha value is -2.21. The molecule has 1 aliphatic rings. The van der Waals surface area contributed by atoms with Crippen molar-refractivity contribution in [2.75, 3.05) is 13.1 Å². The van der Waals surface area contributed by atoms with Gasteiger partial charge in [0.15, 0.2) is 0 Å². The van der Waals surface area contributed by atoms with Gasteiger partial charge in [-0.2, -0.15) is 4.31 Å². The minimum Gasteiger partial charge on any atom is -0.310 e. The van der Waals surface area contributed by atoms with Crippen molar-refractivity contribution in [3.05, 3.63) is 78.4 Å². The quantitative estimate of drug-likeness (QED) is 0.706. The van der Waals surface area contributed by atoms with Gasteiger partial charge in [-0.3, -0.25) is 0 Å². The molecule has 1 aliphatic heterocycles. The molecule has 3 aromatic carbocycles. The fraction of sp³-hybridized carbons (Fsp3) is 0.304. The summed E-state index contributed by atoms with van der Waals surface area (Å²) in [6, 6.07) is 24.0. The van der Waals surface area contributed by atoms with Gasteiger partial charge in [-0.05, 0) is 47.7 Å². The van der Waals surface area contributed by atoms with Gasteiger partial charge in [-0.15, -0.1) is 0 Å². The Morgan fingerprint density at radius 2 is 1.61 bits per heavy atom. The second-order valence-corrected chi connectivity index (χ2v) is 9.35. The van der Waals surface area contributed by atoms with Crippen molar-refractivity contribution in [2.45, 2.75) is 36.7 Å². The van der Waals surface area contributed by atoms with Crippen LogP contribution < -0.4 is 5.32 Å². The lowest BCUT2D eigenvalue weighted by Crippen LogP contribution is -2.34. The highest BCUT2D eigenvalue weighted by Gasteiger charge is 2.27. The fourth-order valence-corrected chi connectivity index (χ4v) is 5.38. The lowest BCUT2D eigenvalue weighted by Gasteiger charge is -2.21. The summed E-state index contributed by atoms with van der Waals surface area (Å²) in [5.41, 5.74) is 1.26. The predicted molar refractivity (Wildman–Crippen MR) is 114 cm³/mol. The van der Waals surface area contributed by atoms with Gasteiger partial charge in [0.1, 0.15) is 0 Å². The zero-order valence-electron chi connectivity index (χ0n) is 15.9. The highest BCUT2D eigenvalue weighted by atomic mass is 32.2. The fourth-order valence-electron chi connectivity index (χ4n) is 3.85. The number of nitrogens with one attached hydrogen (secondary N) is 1.